The summed E-state index contributed by atoms with van der Waals surface area (Å²) >= 11 is 6.02. The Kier molecular flexibility index (Phi) is 4.59. The number of carbonyl (C=O) groups excluding carboxylic acids is 1. The molecule has 2 aromatic rings. The molecule has 2 rings (SSSR count). The first-order valence-corrected chi connectivity index (χ1v) is 6.54. The lowest BCUT2D eigenvalue weighted by atomic mass is 10.2. The third-order valence-corrected chi connectivity index (χ3v) is 3.23. The number of halogens is 1. The Morgan fingerprint density at radius 1 is 1.48 bits per heavy atom. The predicted molar refractivity (Wildman–Crippen MR) is 77.5 cm³/mol. The minimum atomic E-state index is -0.410. The van der Waals surface area contributed by atoms with Gasteiger partial charge in [-0.25, -0.2) is 4.79 Å². The molecule has 0 unspecified atom stereocenters. The van der Waals surface area contributed by atoms with Crippen LogP contribution in [0.5, 0.6) is 5.75 Å². The van der Waals surface area contributed by atoms with E-state index in [1.807, 2.05) is 6.92 Å². The molecule has 3 N–H and O–H groups in total. The van der Waals surface area contributed by atoms with Crippen LogP contribution in [0.4, 0.5) is 10.5 Å². The smallest absolute Gasteiger partial charge is 0.319 e. The van der Waals surface area contributed by atoms with Gasteiger partial charge in [0.2, 0.25) is 0 Å². The highest BCUT2D eigenvalue weighted by Crippen LogP contribution is 2.30. The second kappa shape index (κ2) is 6.40. The summed E-state index contributed by atoms with van der Waals surface area (Å²) in [6.07, 6.45) is 0. The number of aromatic nitrogens is 4. The summed E-state index contributed by atoms with van der Waals surface area (Å²) < 4.78 is 5.19. The second-order valence-corrected chi connectivity index (χ2v) is 4.80. The molecular formula is C12H15ClN6O2. The van der Waals surface area contributed by atoms with Gasteiger partial charge in [-0.2, -0.15) is 5.21 Å². The van der Waals surface area contributed by atoms with Crippen molar-refractivity contribution < 1.29 is 9.53 Å². The van der Waals surface area contributed by atoms with E-state index in [1.54, 1.807) is 19.1 Å². The molecule has 8 nitrogen and oxygen atoms in total. The van der Waals surface area contributed by atoms with E-state index in [1.165, 1.54) is 7.11 Å². The number of H-pyrrole nitrogens is 1. The number of tetrazole rings is 1. The number of amides is 2. The Labute approximate surface area is 126 Å². The first kappa shape index (κ1) is 15.0. The van der Waals surface area contributed by atoms with Gasteiger partial charge in [-0.05, 0) is 25.5 Å². The van der Waals surface area contributed by atoms with Gasteiger partial charge in [-0.15, -0.1) is 10.2 Å². The normalized spacial score (nSPS) is 11.8. The molecule has 0 radical (unpaired) electrons. The number of hydrogen-bond acceptors (Lipinski definition) is 5. The molecule has 112 valence electrons. The number of ether oxygens (including phenoxy) is 1. The molecule has 0 aliphatic carbocycles. The molecule has 0 fully saturated rings. The highest BCUT2D eigenvalue weighted by Gasteiger charge is 2.15. The zero-order valence-electron chi connectivity index (χ0n) is 11.8. The number of methoxy groups -OCH3 is 1. The number of aromatic amines is 1. The van der Waals surface area contributed by atoms with Crippen molar-refractivity contribution in [1.82, 2.24) is 25.9 Å². The summed E-state index contributed by atoms with van der Waals surface area (Å²) in [6.45, 7) is 3.58. The lowest BCUT2D eigenvalue weighted by molar-refractivity contribution is 0.249. The maximum absolute atomic E-state index is 12.0. The number of anilines is 1. The van der Waals surface area contributed by atoms with E-state index in [4.69, 9.17) is 16.3 Å². The molecule has 9 heteroatoms. The van der Waals surface area contributed by atoms with E-state index in [2.05, 4.69) is 31.3 Å². The van der Waals surface area contributed by atoms with E-state index in [0.717, 1.165) is 5.56 Å². The summed E-state index contributed by atoms with van der Waals surface area (Å²) in [7, 11) is 1.51. The van der Waals surface area contributed by atoms with Gasteiger partial charge in [0.05, 0.1) is 18.8 Å². The number of hydrogen-bond donors (Lipinski definition) is 3. The van der Waals surface area contributed by atoms with Crippen LogP contribution in [-0.2, 0) is 0 Å². The van der Waals surface area contributed by atoms with Crippen LogP contribution in [0.1, 0.15) is 24.4 Å². The number of carbonyl (C=O) groups is 1. The highest BCUT2D eigenvalue weighted by molar-refractivity contribution is 6.31. The van der Waals surface area contributed by atoms with Gasteiger partial charge in [0.15, 0.2) is 5.82 Å². The maximum Gasteiger partial charge on any atom is 0.319 e. The van der Waals surface area contributed by atoms with Crippen molar-refractivity contribution >= 4 is 23.3 Å². The first-order chi connectivity index (χ1) is 10.0. The van der Waals surface area contributed by atoms with Crippen molar-refractivity contribution in [2.24, 2.45) is 0 Å². The fourth-order valence-corrected chi connectivity index (χ4v) is 1.86. The zero-order valence-corrected chi connectivity index (χ0v) is 12.5. The molecule has 0 aliphatic heterocycles. The molecule has 0 bridgehead atoms. The van der Waals surface area contributed by atoms with Crippen molar-refractivity contribution in [3.8, 4) is 5.75 Å². The van der Waals surface area contributed by atoms with Crippen molar-refractivity contribution in [3.05, 3.63) is 28.5 Å². The van der Waals surface area contributed by atoms with Crippen LogP contribution in [0.25, 0.3) is 0 Å². The number of benzene rings is 1. The molecule has 21 heavy (non-hydrogen) atoms. The number of nitrogens with one attached hydrogen (secondary N) is 3. The van der Waals surface area contributed by atoms with E-state index in [9.17, 15) is 4.79 Å². The average Bonchev–Trinajstić information content (AvgIpc) is 2.96. The zero-order chi connectivity index (χ0) is 15.4. The maximum atomic E-state index is 12.0. The van der Waals surface area contributed by atoms with Crippen LogP contribution < -0.4 is 15.4 Å². The van der Waals surface area contributed by atoms with E-state index in [-0.39, 0.29) is 6.04 Å². The molecule has 0 saturated heterocycles. The highest BCUT2D eigenvalue weighted by atomic mass is 35.5. The van der Waals surface area contributed by atoms with Crippen molar-refractivity contribution in [2.45, 2.75) is 19.9 Å². The van der Waals surface area contributed by atoms with Gasteiger partial charge < -0.3 is 15.4 Å². The van der Waals surface area contributed by atoms with Crippen molar-refractivity contribution in [2.75, 3.05) is 12.4 Å². The van der Waals surface area contributed by atoms with Crippen LogP contribution >= 0.6 is 11.6 Å². The van der Waals surface area contributed by atoms with Gasteiger partial charge in [0.1, 0.15) is 5.75 Å². The fraction of sp³-hybridized carbons (Fsp3) is 0.333. The number of nitrogens with zero attached hydrogens (tertiary/aromatic N) is 3. The van der Waals surface area contributed by atoms with Crippen molar-refractivity contribution in [1.29, 1.82) is 0 Å². The Morgan fingerprint density at radius 3 is 2.86 bits per heavy atom. The molecular weight excluding hydrogens is 296 g/mol. The summed E-state index contributed by atoms with van der Waals surface area (Å²) in [5.41, 5.74) is 1.36. The van der Waals surface area contributed by atoms with Gasteiger partial charge >= 0.3 is 6.03 Å². The minimum Gasteiger partial charge on any atom is -0.495 e. The topological polar surface area (TPSA) is 105 Å². The molecule has 0 spiro atoms. The summed E-state index contributed by atoms with van der Waals surface area (Å²) in [4.78, 5) is 12.0. The molecule has 0 saturated carbocycles. The molecule has 1 atom stereocenters. The van der Waals surface area contributed by atoms with Crippen molar-refractivity contribution in [3.63, 3.8) is 0 Å². The summed E-state index contributed by atoms with van der Waals surface area (Å²) in [5, 5.41) is 19.3. The SMILES string of the molecule is COc1cc(Cl)c(C)cc1NC(=O)N[C@H](C)c1nn[nH]n1. The first-order valence-electron chi connectivity index (χ1n) is 6.16. The van der Waals surface area contributed by atoms with Crippen LogP contribution in [-0.4, -0.2) is 33.8 Å². The third kappa shape index (κ3) is 3.60. The predicted octanol–water partition coefficient (Wildman–Crippen LogP) is 2.05. The standard InChI is InChI=1S/C12H15ClN6O2/c1-6-4-9(10(21-3)5-8(6)13)15-12(20)14-7(2)11-16-18-19-17-11/h4-5,7H,1-3H3,(H2,14,15,20)(H,16,17,18,19)/t7-/m1/s1. The third-order valence-electron chi connectivity index (χ3n) is 2.83. The van der Waals surface area contributed by atoms with Crippen LogP contribution in [0.2, 0.25) is 5.02 Å². The van der Waals surface area contributed by atoms with Gasteiger partial charge in [-0.1, -0.05) is 16.8 Å². The lowest BCUT2D eigenvalue weighted by Crippen LogP contribution is -2.31. The largest absolute Gasteiger partial charge is 0.495 e. The second-order valence-electron chi connectivity index (χ2n) is 4.39. The number of aryl methyl sites for hydroxylation is 1. The molecule has 1 heterocycles. The van der Waals surface area contributed by atoms with E-state index in [0.29, 0.717) is 22.3 Å². The number of rotatable bonds is 4. The Balaban J connectivity index is 2.07. The van der Waals surface area contributed by atoms with Crippen LogP contribution in [0.3, 0.4) is 0 Å². The quantitative estimate of drug-likeness (QED) is 0.801. The molecule has 1 aromatic carbocycles. The van der Waals surface area contributed by atoms with Crippen LogP contribution in [0.15, 0.2) is 12.1 Å². The summed E-state index contributed by atoms with van der Waals surface area (Å²) in [6, 6.07) is 2.59. The van der Waals surface area contributed by atoms with E-state index >= 15 is 0 Å². The Bertz CT molecular complexity index is 631. The monoisotopic (exact) mass is 310 g/mol. The molecule has 1 aromatic heterocycles. The van der Waals surface area contributed by atoms with Gasteiger partial charge in [0.25, 0.3) is 0 Å². The Morgan fingerprint density at radius 2 is 2.24 bits per heavy atom. The minimum absolute atomic E-state index is 0.386. The number of urea groups is 1. The molecule has 0 aliphatic rings. The fourth-order valence-electron chi connectivity index (χ4n) is 1.70. The Hall–Kier alpha value is -2.35. The van der Waals surface area contributed by atoms with Gasteiger partial charge in [0, 0.05) is 11.1 Å². The van der Waals surface area contributed by atoms with E-state index < -0.39 is 6.03 Å². The summed E-state index contributed by atoms with van der Waals surface area (Å²) in [5.74, 6) is 0.873. The van der Waals surface area contributed by atoms with Crippen LogP contribution in [0, 0.1) is 6.92 Å². The average molecular weight is 311 g/mol. The van der Waals surface area contributed by atoms with Gasteiger partial charge in [-0.3, -0.25) is 0 Å². The lowest BCUT2D eigenvalue weighted by Gasteiger charge is -2.14. The molecule has 2 amide bonds.